The Morgan fingerprint density at radius 2 is 1.64 bits per heavy atom. The van der Waals surface area contributed by atoms with Crippen molar-refractivity contribution in [2.45, 2.75) is 52.1 Å². The number of nitrogens with one attached hydrogen (secondary N) is 1. The van der Waals surface area contributed by atoms with Gasteiger partial charge in [-0.3, -0.25) is 9.69 Å². The van der Waals surface area contributed by atoms with Crippen molar-refractivity contribution in [1.82, 2.24) is 10.2 Å². The first-order chi connectivity index (χ1) is 13.4. The van der Waals surface area contributed by atoms with Gasteiger partial charge in [-0.25, -0.2) is 0 Å². The molecule has 1 saturated heterocycles. The Hall–Kier alpha value is -2.39. The molecule has 0 saturated carbocycles. The summed E-state index contributed by atoms with van der Waals surface area (Å²) in [5, 5.41) is 3.03. The van der Waals surface area contributed by atoms with Crippen LogP contribution in [0.5, 0.6) is 0 Å². The van der Waals surface area contributed by atoms with E-state index >= 15 is 0 Å². The molecule has 0 bridgehead atoms. The van der Waals surface area contributed by atoms with E-state index in [4.69, 9.17) is 0 Å². The predicted octanol–water partition coefficient (Wildman–Crippen LogP) is 4.91. The first-order valence-corrected chi connectivity index (χ1v) is 10.3. The highest BCUT2D eigenvalue weighted by atomic mass is 16.1. The van der Waals surface area contributed by atoms with E-state index in [9.17, 15) is 4.79 Å². The number of amides is 1. The van der Waals surface area contributed by atoms with Crippen LogP contribution in [-0.4, -0.2) is 23.9 Å². The molecule has 1 fully saturated rings. The van der Waals surface area contributed by atoms with E-state index < -0.39 is 0 Å². The summed E-state index contributed by atoms with van der Waals surface area (Å²) in [6, 6.07) is 16.8. The van der Waals surface area contributed by atoms with E-state index in [0.717, 1.165) is 12.1 Å². The molecule has 1 aliphatic heterocycles. The number of carbonyl (C=O) groups is 1. The van der Waals surface area contributed by atoms with Crippen molar-refractivity contribution in [3.8, 4) is 0 Å². The zero-order valence-corrected chi connectivity index (χ0v) is 17.4. The largest absolute Gasteiger partial charge is 0.348 e. The van der Waals surface area contributed by atoms with E-state index in [0.29, 0.717) is 6.54 Å². The number of likely N-dealkylation sites (tertiary alicyclic amines) is 1. The summed E-state index contributed by atoms with van der Waals surface area (Å²) in [6.45, 7) is 10.5. The summed E-state index contributed by atoms with van der Waals surface area (Å²) in [4.78, 5) is 14.8. The third kappa shape index (κ3) is 5.80. The maximum absolute atomic E-state index is 12.3. The molecule has 1 aliphatic rings. The Morgan fingerprint density at radius 3 is 2.29 bits per heavy atom. The summed E-state index contributed by atoms with van der Waals surface area (Å²) in [6.07, 6.45) is 6.08. The lowest BCUT2D eigenvalue weighted by atomic mass is 9.87. The summed E-state index contributed by atoms with van der Waals surface area (Å²) >= 11 is 0. The Kier molecular flexibility index (Phi) is 6.69. The third-order valence-corrected chi connectivity index (χ3v) is 5.37. The van der Waals surface area contributed by atoms with Gasteiger partial charge >= 0.3 is 0 Å². The topological polar surface area (TPSA) is 32.3 Å². The standard InChI is InChI=1S/C25H32N2O/c1-25(2,3)23-13-10-20(11-14-23)12-15-24(28)26-18-21-8-4-5-9-22(21)19-27-16-6-7-17-27/h4-5,8-15H,6-7,16-19H2,1-3H3,(H,26,28)/b15-12+. The average Bonchev–Trinajstić information content (AvgIpc) is 3.18. The Balaban J connectivity index is 1.55. The Bertz CT molecular complexity index is 809. The molecule has 0 radical (unpaired) electrons. The van der Waals surface area contributed by atoms with E-state index in [1.54, 1.807) is 6.08 Å². The maximum atomic E-state index is 12.3. The van der Waals surface area contributed by atoms with Crippen LogP contribution in [0.2, 0.25) is 0 Å². The smallest absolute Gasteiger partial charge is 0.244 e. The minimum atomic E-state index is -0.0594. The highest BCUT2D eigenvalue weighted by molar-refractivity contribution is 5.91. The fraction of sp³-hybridized carbons (Fsp3) is 0.400. The van der Waals surface area contributed by atoms with Crippen molar-refractivity contribution < 1.29 is 4.79 Å². The zero-order chi connectivity index (χ0) is 20.0. The minimum absolute atomic E-state index is 0.0594. The molecule has 0 aliphatic carbocycles. The van der Waals surface area contributed by atoms with E-state index in [-0.39, 0.29) is 11.3 Å². The molecule has 0 aromatic heterocycles. The van der Waals surface area contributed by atoms with Crippen LogP contribution in [0.4, 0.5) is 0 Å². The van der Waals surface area contributed by atoms with Gasteiger partial charge in [0.25, 0.3) is 0 Å². The second-order valence-corrected chi connectivity index (χ2v) is 8.68. The molecule has 0 atom stereocenters. The first-order valence-electron chi connectivity index (χ1n) is 10.3. The monoisotopic (exact) mass is 376 g/mol. The van der Waals surface area contributed by atoms with E-state index in [1.807, 2.05) is 12.1 Å². The molecule has 28 heavy (non-hydrogen) atoms. The average molecular weight is 377 g/mol. The summed E-state index contributed by atoms with van der Waals surface area (Å²) in [5.41, 5.74) is 4.99. The van der Waals surface area contributed by atoms with Gasteiger partial charge in [0.1, 0.15) is 0 Å². The van der Waals surface area contributed by atoms with Gasteiger partial charge < -0.3 is 5.32 Å². The molecule has 0 unspecified atom stereocenters. The van der Waals surface area contributed by atoms with Crippen LogP contribution in [0.25, 0.3) is 6.08 Å². The van der Waals surface area contributed by atoms with Crippen molar-refractivity contribution >= 4 is 12.0 Å². The minimum Gasteiger partial charge on any atom is -0.348 e. The van der Waals surface area contributed by atoms with Crippen LogP contribution in [0.1, 0.15) is 55.9 Å². The van der Waals surface area contributed by atoms with Crippen LogP contribution in [0.3, 0.4) is 0 Å². The van der Waals surface area contributed by atoms with E-state index in [1.165, 1.54) is 42.6 Å². The molecule has 1 amide bonds. The maximum Gasteiger partial charge on any atom is 0.244 e. The molecule has 3 rings (SSSR count). The molecule has 148 valence electrons. The van der Waals surface area contributed by atoms with Crippen molar-refractivity contribution in [3.05, 3.63) is 76.9 Å². The van der Waals surface area contributed by atoms with Gasteiger partial charge in [0.15, 0.2) is 0 Å². The molecule has 2 aromatic rings. The van der Waals surface area contributed by atoms with Crippen LogP contribution in [0.15, 0.2) is 54.6 Å². The van der Waals surface area contributed by atoms with Crippen molar-refractivity contribution in [3.63, 3.8) is 0 Å². The Morgan fingerprint density at radius 1 is 1.00 bits per heavy atom. The van der Waals surface area contributed by atoms with Crippen molar-refractivity contribution in [2.24, 2.45) is 0 Å². The SMILES string of the molecule is CC(C)(C)c1ccc(/C=C/C(=O)NCc2ccccc2CN2CCCC2)cc1. The molecule has 1 heterocycles. The zero-order valence-electron chi connectivity index (χ0n) is 17.4. The van der Waals surface area contributed by atoms with Gasteiger partial charge in [0.2, 0.25) is 5.91 Å². The number of nitrogens with zero attached hydrogens (tertiary/aromatic N) is 1. The lowest BCUT2D eigenvalue weighted by Crippen LogP contribution is -2.23. The van der Waals surface area contributed by atoms with Gasteiger partial charge in [-0.05, 0) is 59.7 Å². The molecule has 3 heteroatoms. The lowest BCUT2D eigenvalue weighted by molar-refractivity contribution is -0.116. The van der Waals surface area contributed by atoms with Crippen LogP contribution >= 0.6 is 0 Å². The van der Waals surface area contributed by atoms with Crippen LogP contribution in [0, 0.1) is 0 Å². The summed E-state index contributed by atoms with van der Waals surface area (Å²) in [7, 11) is 0. The van der Waals surface area contributed by atoms with Crippen molar-refractivity contribution in [2.75, 3.05) is 13.1 Å². The summed E-state index contributed by atoms with van der Waals surface area (Å²) < 4.78 is 0. The predicted molar refractivity (Wildman–Crippen MR) is 117 cm³/mol. The fourth-order valence-electron chi connectivity index (χ4n) is 3.57. The van der Waals surface area contributed by atoms with E-state index in [2.05, 4.69) is 73.5 Å². The third-order valence-electron chi connectivity index (χ3n) is 5.37. The van der Waals surface area contributed by atoms with Crippen molar-refractivity contribution in [1.29, 1.82) is 0 Å². The molecular weight excluding hydrogens is 344 g/mol. The number of hydrogen-bond acceptors (Lipinski definition) is 2. The molecule has 0 spiro atoms. The highest BCUT2D eigenvalue weighted by Gasteiger charge is 2.14. The van der Waals surface area contributed by atoms with Gasteiger partial charge in [0, 0.05) is 19.2 Å². The number of rotatable bonds is 6. The van der Waals surface area contributed by atoms with Crippen LogP contribution in [-0.2, 0) is 23.3 Å². The van der Waals surface area contributed by atoms with Crippen LogP contribution < -0.4 is 5.32 Å². The fourth-order valence-corrected chi connectivity index (χ4v) is 3.57. The Labute approximate surface area is 169 Å². The number of hydrogen-bond donors (Lipinski definition) is 1. The molecule has 3 nitrogen and oxygen atoms in total. The number of benzene rings is 2. The molecular formula is C25H32N2O. The molecule has 2 aromatic carbocycles. The van der Waals surface area contributed by atoms with Gasteiger partial charge in [-0.2, -0.15) is 0 Å². The summed E-state index contributed by atoms with van der Waals surface area (Å²) in [5.74, 6) is -0.0594. The normalized spacial score (nSPS) is 15.2. The van der Waals surface area contributed by atoms with Gasteiger partial charge in [-0.15, -0.1) is 0 Å². The number of carbonyl (C=O) groups excluding carboxylic acids is 1. The highest BCUT2D eigenvalue weighted by Crippen LogP contribution is 2.22. The lowest BCUT2D eigenvalue weighted by Gasteiger charge is -2.18. The second-order valence-electron chi connectivity index (χ2n) is 8.68. The second kappa shape index (κ2) is 9.20. The van der Waals surface area contributed by atoms with Gasteiger partial charge in [0.05, 0.1) is 0 Å². The van der Waals surface area contributed by atoms with Gasteiger partial charge in [-0.1, -0.05) is 69.3 Å². The first kappa shape index (κ1) is 20.3. The quantitative estimate of drug-likeness (QED) is 0.727. The molecule has 1 N–H and O–H groups in total.